The van der Waals surface area contributed by atoms with Crippen molar-refractivity contribution >= 4 is 0 Å². The second-order valence-electron chi connectivity index (χ2n) is 4.62. The zero-order chi connectivity index (χ0) is 10.8. The molecule has 0 amide bonds. The third kappa shape index (κ3) is 2.69. The summed E-state index contributed by atoms with van der Waals surface area (Å²) in [5.41, 5.74) is 2.34. The molecule has 82 valence electrons. The van der Waals surface area contributed by atoms with E-state index in [1.54, 1.807) is 0 Å². The maximum absolute atomic E-state index is 11.5. The fraction of sp³-hybridized carbons (Fsp3) is 0.583. The summed E-state index contributed by atoms with van der Waals surface area (Å²) < 4.78 is 0. The van der Waals surface area contributed by atoms with E-state index in [4.69, 9.17) is 0 Å². The number of hydrogen-bond donors (Lipinski definition) is 1. The Bertz CT molecular complexity index is 391. The van der Waals surface area contributed by atoms with Gasteiger partial charge < -0.3 is 9.88 Å². The quantitative estimate of drug-likeness (QED) is 0.807. The Morgan fingerprint density at radius 1 is 1.47 bits per heavy atom. The summed E-state index contributed by atoms with van der Waals surface area (Å²) in [7, 11) is 4.13. The van der Waals surface area contributed by atoms with E-state index < -0.39 is 0 Å². The number of nitrogens with zero attached hydrogens (tertiary/aromatic N) is 1. The van der Waals surface area contributed by atoms with Crippen LogP contribution in [0.2, 0.25) is 0 Å². The van der Waals surface area contributed by atoms with E-state index in [0.717, 1.165) is 18.5 Å². The van der Waals surface area contributed by atoms with Gasteiger partial charge in [-0.05, 0) is 50.9 Å². The summed E-state index contributed by atoms with van der Waals surface area (Å²) in [4.78, 5) is 16.5. The number of nitrogens with one attached hydrogen (secondary N) is 1. The molecule has 0 saturated heterocycles. The third-order valence-electron chi connectivity index (χ3n) is 2.86. The zero-order valence-corrected chi connectivity index (χ0v) is 9.42. The molecule has 0 bridgehead atoms. The van der Waals surface area contributed by atoms with Gasteiger partial charge in [0.25, 0.3) is 5.56 Å². The Kier molecular flexibility index (Phi) is 2.91. The fourth-order valence-electron chi connectivity index (χ4n) is 1.74. The molecule has 0 radical (unpaired) electrons. The van der Waals surface area contributed by atoms with Crippen molar-refractivity contribution in [1.82, 2.24) is 9.88 Å². The molecule has 15 heavy (non-hydrogen) atoms. The minimum absolute atomic E-state index is 0.103. The van der Waals surface area contributed by atoms with Crippen LogP contribution in [0, 0.1) is 0 Å². The van der Waals surface area contributed by atoms with Gasteiger partial charge in [-0.2, -0.15) is 0 Å². The maximum atomic E-state index is 11.5. The Balaban J connectivity index is 2.11. The van der Waals surface area contributed by atoms with Crippen LogP contribution in [0.25, 0.3) is 0 Å². The molecule has 1 fully saturated rings. The molecule has 1 aromatic heterocycles. The second kappa shape index (κ2) is 4.19. The lowest BCUT2D eigenvalue weighted by Crippen LogP contribution is -2.17. The molecule has 3 heteroatoms. The molecule has 1 aliphatic rings. The predicted molar refractivity (Wildman–Crippen MR) is 61.3 cm³/mol. The average Bonchev–Trinajstić information content (AvgIpc) is 3.00. The summed E-state index contributed by atoms with van der Waals surface area (Å²) in [6.07, 6.45) is 5.21. The summed E-state index contributed by atoms with van der Waals surface area (Å²) in [5.74, 6) is 0.535. The van der Waals surface area contributed by atoms with Crippen molar-refractivity contribution in [3.8, 4) is 0 Å². The van der Waals surface area contributed by atoms with Gasteiger partial charge in [0.2, 0.25) is 0 Å². The van der Waals surface area contributed by atoms with Crippen LogP contribution in [0.1, 0.15) is 29.9 Å². The van der Waals surface area contributed by atoms with E-state index in [9.17, 15) is 4.79 Å². The van der Waals surface area contributed by atoms with Gasteiger partial charge in [-0.25, -0.2) is 0 Å². The molecule has 3 nitrogen and oxygen atoms in total. The summed E-state index contributed by atoms with van der Waals surface area (Å²) in [6, 6.07) is 2.08. The summed E-state index contributed by atoms with van der Waals surface area (Å²) in [6.45, 7) is 1.02. The van der Waals surface area contributed by atoms with Crippen LogP contribution in [-0.2, 0) is 6.42 Å². The smallest absolute Gasteiger partial charge is 0.251 e. The molecular formula is C12H18N2O. The Morgan fingerprint density at radius 3 is 2.80 bits per heavy atom. The van der Waals surface area contributed by atoms with Crippen LogP contribution in [0.15, 0.2) is 17.1 Å². The lowest BCUT2D eigenvalue weighted by atomic mass is 10.1. The Hall–Kier alpha value is -1.09. The number of H-pyrrole nitrogens is 1. The number of rotatable bonds is 4. The van der Waals surface area contributed by atoms with E-state index >= 15 is 0 Å². The number of aromatic amines is 1. The molecule has 0 spiro atoms. The molecule has 2 rings (SSSR count). The van der Waals surface area contributed by atoms with Crippen molar-refractivity contribution in [1.29, 1.82) is 0 Å². The lowest BCUT2D eigenvalue weighted by Gasteiger charge is -2.09. The maximum Gasteiger partial charge on any atom is 0.251 e. The zero-order valence-electron chi connectivity index (χ0n) is 9.42. The predicted octanol–water partition coefficient (Wildman–Crippen LogP) is 1.36. The van der Waals surface area contributed by atoms with Crippen LogP contribution in [0.3, 0.4) is 0 Å². The molecule has 0 aliphatic heterocycles. The van der Waals surface area contributed by atoms with Crippen molar-refractivity contribution < 1.29 is 0 Å². The Morgan fingerprint density at radius 2 is 2.20 bits per heavy atom. The van der Waals surface area contributed by atoms with Gasteiger partial charge >= 0.3 is 0 Å². The minimum Gasteiger partial charge on any atom is -0.329 e. The van der Waals surface area contributed by atoms with Crippen LogP contribution in [0.5, 0.6) is 0 Å². The molecule has 1 aromatic rings. The lowest BCUT2D eigenvalue weighted by molar-refractivity contribution is 0.413. The van der Waals surface area contributed by atoms with Crippen molar-refractivity contribution in [2.45, 2.75) is 25.2 Å². The van der Waals surface area contributed by atoms with Gasteiger partial charge in [0.05, 0.1) is 0 Å². The minimum atomic E-state index is 0.103. The first-order valence-corrected chi connectivity index (χ1v) is 5.53. The fourth-order valence-corrected chi connectivity index (χ4v) is 1.74. The molecule has 1 saturated carbocycles. The number of hydrogen-bond acceptors (Lipinski definition) is 2. The van der Waals surface area contributed by atoms with Crippen molar-refractivity contribution in [3.63, 3.8) is 0 Å². The molecule has 1 aliphatic carbocycles. The molecule has 0 aromatic carbocycles. The molecule has 1 N–H and O–H groups in total. The van der Waals surface area contributed by atoms with E-state index in [-0.39, 0.29) is 5.56 Å². The first-order valence-electron chi connectivity index (χ1n) is 5.53. The van der Waals surface area contributed by atoms with E-state index in [1.807, 2.05) is 6.20 Å². The van der Waals surface area contributed by atoms with Gasteiger partial charge in [-0.3, -0.25) is 4.79 Å². The first-order chi connectivity index (χ1) is 7.16. The standard InChI is InChI=1S/C12H18N2O/c1-14(2)6-5-9-7-11(10-3-4-10)12(15)13-8-9/h7-8,10H,3-6H2,1-2H3,(H,13,15). The van der Waals surface area contributed by atoms with E-state index in [0.29, 0.717) is 5.92 Å². The summed E-state index contributed by atoms with van der Waals surface area (Å²) in [5, 5.41) is 0. The monoisotopic (exact) mass is 206 g/mol. The Labute approximate surface area is 90.1 Å². The second-order valence-corrected chi connectivity index (χ2v) is 4.62. The van der Waals surface area contributed by atoms with Crippen LogP contribution < -0.4 is 5.56 Å². The number of pyridine rings is 1. The van der Waals surface area contributed by atoms with Gasteiger partial charge in [-0.1, -0.05) is 0 Å². The van der Waals surface area contributed by atoms with Crippen molar-refractivity contribution in [3.05, 3.63) is 33.7 Å². The van der Waals surface area contributed by atoms with Gasteiger partial charge in [0, 0.05) is 18.3 Å². The van der Waals surface area contributed by atoms with E-state index in [2.05, 4.69) is 30.0 Å². The number of likely N-dealkylation sites (N-methyl/N-ethyl adjacent to an activating group) is 1. The highest BCUT2D eigenvalue weighted by Gasteiger charge is 2.26. The SMILES string of the molecule is CN(C)CCc1c[nH]c(=O)c(C2CC2)c1. The highest BCUT2D eigenvalue weighted by Crippen LogP contribution is 2.38. The van der Waals surface area contributed by atoms with Crippen LogP contribution >= 0.6 is 0 Å². The molecule has 0 unspecified atom stereocenters. The van der Waals surface area contributed by atoms with Crippen molar-refractivity contribution in [2.24, 2.45) is 0 Å². The third-order valence-corrected chi connectivity index (χ3v) is 2.86. The number of aromatic nitrogens is 1. The molecular weight excluding hydrogens is 188 g/mol. The topological polar surface area (TPSA) is 36.1 Å². The van der Waals surface area contributed by atoms with Gasteiger partial charge in [0.15, 0.2) is 0 Å². The first kappa shape index (κ1) is 10.4. The van der Waals surface area contributed by atoms with Crippen molar-refractivity contribution in [2.75, 3.05) is 20.6 Å². The average molecular weight is 206 g/mol. The molecule has 1 heterocycles. The summed E-state index contributed by atoms with van der Waals surface area (Å²) >= 11 is 0. The highest BCUT2D eigenvalue weighted by atomic mass is 16.1. The van der Waals surface area contributed by atoms with Crippen LogP contribution in [0.4, 0.5) is 0 Å². The highest BCUT2D eigenvalue weighted by molar-refractivity contribution is 5.25. The normalized spacial score (nSPS) is 15.9. The molecule has 0 atom stereocenters. The van der Waals surface area contributed by atoms with Gasteiger partial charge in [-0.15, -0.1) is 0 Å². The largest absolute Gasteiger partial charge is 0.329 e. The van der Waals surface area contributed by atoms with Crippen LogP contribution in [-0.4, -0.2) is 30.5 Å². The van der Waals surface area contributed by atoms with E-state index in [1.165, 1.54) is 18.4 Å². The van der Waals surface area contributed by atoms with Gasteiger partial charge in [0.1, 0.15) is 0 Å².